The summed E-state index contributed by atoms with van der Waals surface area (Å²) in [7, 11) is 0. The highest BCUT2D eigenvalue weighted by atomic mass is 32.2. The molecule has 25 heavy (non-hydrogen) atoms. The Morgan fingerprint density at radius 1 is 1.28 bits per heavy atom. The molecule has 0 saturated carbocycles. The second kappa shape index (κ2) is 7.75. The number of amides is 1. The minimum Gasteiger partial charge on any atom is -0.484 e. The lowest BCUT2D eigenvalue weighted by Crippen LogP contribution is -2.54. The predicted molar refractivity (Wildman–Crippen MR) is 91.5 cm³/mol. The minimum absolute atomic E-state index is 0.336. The van der Waals surface area contributed by atoms with Crippen molar-refractivity contribution in [2.75, 3.05) is 6.61 Å². The molecule has 136 valence electrons. The van der Waals surface area contributed by atoms with Gasteiger partial charge in [0.2, 0.25) is 0 Å². The lowest BCUT2D eigenvalue weighted by Gasteiger charge is -2.22. The first kappa shape index (κ1) is 19.1. The largest absolute Gasteiger partial charge is 0.484 e. The smallest absolute Gasteiger partial charge is 0.328 e. The summed E-state index contributed by atoms with van der Waals surface area (Å²) in [5.41, 5.74) is 0. The number of hydrogen-bond acceptors (Lipinski definition) is 6. The van der Waals surface area contributed by atoms with Gasteiger partial charge in [0.05, 0.1) is 5.37 Å². The summed E-state index contributed by atoms with van der Waals surface area (Å²) in [4.78, 5) is 34.8. The highest BCUT2D eigenvalue weighted by Crippen LogP contribution is 2.39. The molecule has 0 bridgehead atoms. The maximum Gasteiger partial charge on any atom is 0.328 e. The molecule has 1 aromatic rings. The van der Waals surface area contributed by atoms with Gasteiger partial charge in [0.1, 0.15) is 11.8 Å². The van der Waals surface area contributed by atoms with Crippen molar-refractivity contribution in [1.29, 1.82) is 0 Å². The summed E-state index contributed by atoms with van der Waals surface area (Å²) in [6.07, 6.45) is 0. The predicted octanol–water partition coefficient (Wildman–Crippen LogP) is 0.529. The van der Waals surface area contributed by atoms with Crippen LogP contribution in [-0.2, 0) is 14.4 Å². The molecule has 0 radical (unpaired) electrons. The van der Waals surface area contributed by atoms with Crippen molar-refractivity contribution < 1.29 is 29.3 Å². The normalized spacial score (nSPS) is 22.8. The molecule has 4 N–H and O–H groups in total. The first-order valence-corrected chi connectivity index (χ1v) is 8.45. The molecule has 8 nitrogen and oxygen atoms in total. The molecule has 1 heterocycles. The Bertz CT molecular complexity index is 651. The van der Waals surface area contributed by atoms with Gasteiger partial charge in [0.25, 0.3) is 5.91 Å². The number of aliphatic carboxylic acids is 2. The topological polar surface area (TPSA) is 125 Å². The molecule has 2 unspecified atom stereocenters. The van der Waals surface area contributed by atoms with E-state index < -0.39 is 40.1 Å². The Morgan fingerprint density at radius 3 is 2.44 bits per heavy atom. The van der Waals surface area contributed by atoms with E-state index >= 15 is 0 Å². The molecule has 3 atom stereocenters. The standard InChI is InChI=1S/C16H20N2O6S/c1-16(2)12(15(22)23)18-13(25-16)11(14(20)21)17-10(19)8-24-9-6-4-3-5-7-9/h3-7,11-13,18H,8H2,1-2H3,(H,17,19)(H,20,21)(H,22,23)/t11?,12-,13?/m0/s1. The van der Waals surface area contributed by atoms with Gasteiger partial charge in [-0.3, -0.25) is 14.9 Å². The van der Waals surface area contributed by atoms with Gasteiger partial charge in [-0.05, 0) is 26.0 Å². The number of benzene rings is 1. The van der Waals surface area contributed by atoms with E-state index in [-0.39, 0.29) is 6.61 Å². The number of carbonyl (C=O) groups is 3. The summed E-state index contributed by atoms with van der Waals surface area (Å²) in [6.45, 7) is 3.09. The number of carboxylic acid groups (broad SMARTS) is 2. The van der Waals surface area contributed by atoms with Crippen molar-refractivity contribution in [3.05, 3.63) is 30.3 Å². The molecule has 1 saturated heterocycles. The maximum absolute atomic E-state index is 12.0. The van der Waals surface area contributed by atoms with E-state index in [1.807, 2.05) is 0 Å². The Balaban J connectivity index is 1.98. The molecule has 1 aliphatic rings. The lowest BCUT2D eigenvalue weighted by molar-refractivity contribution is -0.143. The first-order valence-electron chi connectivity index (χ1n) is 7.57. The molecule has 2 rings (SSSR count). The van der Waals surface area contributed by atoms with Crippen LogP contribution in [0.5, 0.6) is 5.75 Å². The van der Waals surface area contributed by atoms with Gasteiger partial charge in [0, 0.05) is 4.75 Å². The third-order valence-corrected chi connectivity index (χ3v) is 5.21. The highest BCUT2D eigenvalue weighted by molar-refractivity contribution is 8.01. The second-order valence-electron chi connectivity index (χ2n) is 6.06. The van der Waals surface area contributed by atoms with Gasteiger partial charge in [-0.15, -0.1) is 11.8 Å². The highest BCUT2D eigenvalue weighted by Gasteiger charge is 2.49. The monoisotopic (exact) mass is 368 g/mol. The number of carboxylic acids is 2. The van der Waals surface area contributed by atoms with E-state index in [0.717, 1.165) is 0 Å². The van der Waals surface area contributed by atoms with Crippen LogP contribution in [0.2, 0.25) is 0 Å². The van der Waals surface area contributed by atoms with Gasteiger partial charge < -0.3 is 20.3 Å². The van der Waals surface area contributed by atoms with Gasteiger partial charge in [-0.2, -0.15) is 0 Å². The first-order chi connectivity index (χ1) is 11.7. The number of ether oxygens (including phenoxy) is 1. The van der Waals surface area contributed by atoms with E-state index in [4.69, 9.17) is 4.74 Å². The zero-order valence-corrected chi connectivity index (χ0v) is 14.6. The average molecular weight is 368 g/mol. The molecular formula is C16H20N2O6S. The number of para-hydroxylation sites is 1. The quantitative estimate of drug-likeness (QED) is 0.549. The van der Waals surface area contributed by atoms with Crippen LogP contribution in [0.4, 0.5) is 0 Å². The van der Waals surface area contributed by atoms with Crippen molar-refractivity contribution in [2.24, 2.45) is 0 Å². The lowest BCUT2D eigenvalue weighted by atomic mass is 10.0. The van der Waals surface area contributed by atoms with E-state index in [0.29, 0.717) is 5.75 Å². The van der Waals surface area contributed by atoms with Gasteiger partial charge >= 0.3 is 11.9 Å². The van der Waals surface area contributed by atoms with E-state index in [2.05, 4.69) is 10.6 Å². The Kier molecular flexibility index (Phi) is 5.91. The van der Waals surface area contributed by atoms with E-state index in [9.17, 15) is 24.6 Å². The summed E-state index contributed by atoms with van der Waals surface area (Å²) in [6, 6.07) is 6.47. The van der Waals surface area contributed by atoms with Gasteiger partial charge in [-0.1, -0.05) is 18.2 Å². The van der Waals surface area contributed by atoms with Crippen LogP contribution in [0.1, 0.15) is 13.8 Å². The fourth-order valence-electron chi connectivity index (χ4n) is 2.47. The number of rotatable bonds is 7. The molecular weight excluding hydrogens is 348 g/mol. The van der Waals surface area contributed by atoms with Crippen LogP contribution < -0.4 is 15.4 Å². The van der Waals surface area contributed by atoms with Crippen LogP contribution in [0.3, 0.4) is 0 Å². The Hall–Kier alpha value is -2.26. The molecule has 1 aliphatic heterocycles. The molecule has 0 aromatic heterocycles. The SMILES string of the molecule is CC1(C)SC(C(NC(=O)COc2ccccc2)C(=O)O)N[C@H]1C(=O)O. The number of hydrogen-bond donors (Lipinski definition) is 4. The van der Waals surface area contributed by atoms with E-state index in [1.165, 1.54) is 11.8 Å². The summed E-state index contributed by atoms with van der Waals surface area (Å²) < 4.78 is 4.57. The van der Waals surface area contributed by atoms with Crippen molar-refractivity contribution in [2.45, 2.75) is 36.1 Å². The van der Waals surface area contributed by atoms with Crippen LogP contribution >= 0.6 is 11.8 Å². The molecule has 0 spiro atoms. The van der Waals surface area contributed by atoms with Crippen molar-refractivity contribution in [1.82, 2.24) is 10.6 Å². The third kappa shape index (κ3) is 4.86. The van der Waals surface area contributed by atoms with Crippen LogP contribution in [0, 0.1) is 0 Å². The number of thioether (sulfide) groups is 1. The summed E-state index contributed by atoms with van der Waals surface area (Å²) in [5, 5.41) is 23.0. The zero-order valence-electron chi connectivity index (χ0n) is 13.8. The fraction of sp³-hybridized carbons (Fsp3) is 0.438. The Morgan fingerprint density at radius 2 is 1.92 bits per heavy atom. The molecule has 9 heteroatoms. The fourth-order valence-corrected chi connectivity index (χ4v) is 3.96. The van der Waals surface area contributed by atoms with Crippen molar-refractivity contribution >= 4 is 29.6 Å². The zero-order chi connectivity index (χ0) is 18.6. The molecule has 1 aromatic carbocycles. The summed E-state index contributed by atoms with van der Waals surface area (Å²) in [5.74, 6) is -2.43. The van der Waals surface area contributed by atoms with Crippen LogP contribution in [-0.4, -0.2) is 56.9 Å². The van der Waals surface area contributed by atoms with Gasteiger partial charge in [0.15, 0.2) is 12.6 Å². The molecule has 0 aliphatic carbocycles. The van der Waals surface area contributed by atoms with Gasteiger partial charge in [-0.25, -0.2) is 4.79 Å². The second-order valence-corrected chi connectivity index (χ2v) is 7.86. The minimum atomic E-state index is -1.28. The van der Waals surface area contributed by atoms with E-state index in [1.54, 1.807) is 44.2 Å². The summed E-state index contributed by atoms with van der Waals surface area (Å²) >= 11 is 1.17. The van der Waals surface area contributed by atoms with Crippen LogP contribution in [0.25, 0.3) is 0 Å². The average Bonchev–Trinajstić information content (AvgIpc) is 2.86. The van der Waals surface area contributed by atoms with Crippen molar-refractivity contribution in [3.63, 3.8) is 0 Å². The number of carbonyl (C=O) groups excluding carboxylic acids is 1. The molecule has 1 amide bonds. The van der Waals surface area contributed by atoms with Crippen molar-refractivity contribution in [3.8, 4) is 5.75 Å². The Labute approximate surface area is 148 Å². The number of nitrogens with one attached hydrogen (secondary N) is 2. The maximum atomic E-state index is 12.0. The third-order valence-electron chi connectivity index (χ3n) is 3.70. The molecule has 1 fully saturated rings. The van der Waals surface area contributed by atoms with Crippen LogP contribution in [0.15, 0.2) is 30.3 Å².